The van der Waals surface area contributed by atoms with E-state index in [1.165, 1.54) is 24.8 Å². The molecule has 0 amide bonds. The number of aromatic nitrogens is 2. The molecule has 0 atom stereocenters. The van der Waals surface area contributed by atoms with E-state index >= 15 is 0 Å². The van der Waals surface area contributed by atoms with Crippen LogP contribution in [0.25, 0.3) is 0 Å². The van der Waals surface area contributed by atoms with E-state index < -0.39 is 0 Å². The van der Waals surface area contributed by atoms with Crippen LogP contribution < -0.4 is 0 Å². The maximum Gasteiger partial charge on any atom is 0.0558 e. The summed E-state index contributed by atoms with van der Waals surface area (Å²) in [4.78, 5) is 2.38. The lowest BCUT2D eigenvalue weighted by atomic mass is 9.91. The molecule has 0 saturated heterocycles. The van der Waals surface area contributed by atoms with Gasteiger partial charge in [0.25, 0.3) is 0 Å². The SMILES string of the molecule is CCn1cc(CN(CCO)C2CCC2)cn1. The van der Waals surface area contributed by atoms with E-state index in [9.17, 15) is 0 Å². The maximum atomic E-state index is 9.07. The Morgan fingerprint density at radius 1 is 1.56 bits per heavy atom. The summed E-state index contributed by atoms with van der Waals surface area (Å²) >= 11 is 0. The molecule has 4 heteroatoms. The fourth-order valence-corrected chi connectivity index (χ4v) is 2.17. The molecule has 1 saturated carbocycles. The Labute approximate surface area is 96.9 Å². The second-order valence-corrected chi connectivity index (χ2v) is 4.48. The lowest BCUT2D eigenvalue weighted by Gasteiger charge is -2.37. The van der Waals surface area contributed by atoms with Crippen LogP contribution in [0.3, 0.4) is 0 Å². The van der Waals surface area contributed by atoms with Gasteiger partial charge in [0.2, 0.25) is 0 Å². The molecule has 1 aliphatic carbocycles. The minimum atomic E-state index is 0.248. The molecule has 1 fully saturated rings. The summed E-state index contributed by atoms with van der Waals surface area (Å²) in [7, 11) is 0. The number of hydrogen-bond donors (Lipinski definition) is 1. The van der Waals surface area contributed by atoms with E-state index in [0.717, 1.165) is 19.6 Å². The summed E-state index contributed by atoms with van der Waals surface area (Å²) < 4.78 is 1.95. The first-order valence-electron chi connectivity index (χ1n) is 6.19. The average Bonchev–Trinajstić information content (AvgIpc) is 2.63. The van der Waals surface area contributed by atoms with Crippen molar-refractivity contribution < 1.29 is 5.11 Å². The van der Waals surface area contributed by atoms with Crippen molar-refractivity contribution in [2.24, 2.45) is 0 Å². The van der Waals surface area contributed by atoms with E-state index in [1.807, 2.05) is 10.9 Å². The Hall–Kier alpha value is -0.870. The fraction of sp³-hybridized carbons (Fsp3) is 0.750. The number of aliphatic hydroxyl groups is 1. The Kier molecular flexibility index (Phi) is 3.96. The van der Waals surface area contributed by atoms with Crippen LogP contribution in [0.4, 0.5) is 0 Å². The van der Waals surface area contributed by atoms with Gasteiger partial charge in [-0.15, -0.1) is 0 Å². The summed E-state index contributed by atoms with van der Waals surface area (Å²) in [5, 5.41) is 13.4. The smallest absolute Gasteiger partial charge is 0.0558 e. The third-order valence-corrected chi connectivity index (χ3v) is 3.37. The van der Waals surface area contributed by atoms with Crippen LogP contribution in [-0.2, 0) is 13.1 Å². The molecule has 0 spiro atoms. The zero-order valence-electron chi connectivity index (χ0n) is 9.97. The molecule has 0 bridgehead atoms. The minimum Gasteiger partial charge on any atom is -0.395 e. The molecule has 1 heterocycles. The predicted octanol–water partition coefficient (Wildman–Crippen LogP) is 1.25. The highest BCUT2D eigenvalue weighted by Gasteiger charge is 2.24. The first-order chi connectivity index (χ1) is 7.83. The standard InChI is InChI=1S/C12H21N3O/c1-2-15-10-11(8-13-15)9-14(6-7-16)12-4-3-5-12/h8,10,12,16H,2-7,9H2,1H3. The summed E-state index contributed by atoms with van der Waals surface area (Å²) in [5.74, 6) is 0. The third kappa shape index (κ3) is 2.62. The molecule has 90 valence electrons. The van der Waals surface area contributed by atoms with Crippen LogP contribution in [0.2, 0.25) is 0 Å². The van der Waals surface area contributed by atoms with Crippen molar-refractivity contribution in [2.45, 2.75) is 45.3 Å². The number of rotatable bonds is 6. The van der Waals surface area contributed by atoms with Crippen molar-refractivity contribution in [1.82, 2.24) is 14.7 Å². The van der Waals surface area contributed by atoms with Gasteiger partial charge in [-0.1, -0.05) is 6.42 Å². The molecule has 16 heavy (non-hydrogen) atoms. The highest BCUT2D eigenvalue weighted by atomic mass is 16.3. The van der Waals surface area contributed by atoms with Crippen LogP contribution in [0.15, 0.2) is 12.4 Å². The van der Waals surface area contributed by atoms with Crippen LogP contribution in [0, 0.1) is 0 Å². The third-order valence-electron chi connectivity index (χ3n) is 3.37. The van der Waals surface area contributed by atoms with Crippen LogP contribution >= 0.6 is 0 Å². The largest absolute Gasteiger partial charge is 0.395 e. The second kappa shape index (κ2) is 5.46. The second-order valence-electron chi connectivity index (χ2n) is 4.48. The van der Waals surface area contributed by atoms with Gasteiger partial charge in [-0.2, -0.15) is 5.10 Å². The summed E-state index contributed by atoms with van der Waals surface area (Å²) in [5.41, 5.74) is 1.25. The zero-order valence-corrected chi connectivity index (χ0v) is 9.97. The molecule has 0 aliphatic heterocycles. The lowest BCUT2D eigenvalue weighted by Crippen LogP contribution is -2.41. The predicted molar refractivity (Wildman–Crippen MR) is 63.0 cm³/mol. The van der Waals surface area contributed by atoms with Gasteiger partial charge in [0.15, 0.2) is 0 Å². The van der Waals surface area contributed by atoms with Crippen LogP contribution in [0.5, 0.6) is 0 Å². The molecule has 1 aliphatic rings. The number of hydrogen-bond acceptors (Lipinski definition) is 3. The number of aryl methyl sites for hydroxylation is 1. The van der Waals surface area contributed by atoms with Crippen molar-refractivity contribution in [3.05, 3.63) is 18.0 Å². The van der Waals surface area contributed by atoms with E-state index in [1.54, 1.807) is 0 Å². The first-order valence-corrected chi connectivity index (χ1v) is 6.19. The van der Waals surface area contributed by atoms with E-state index in [4.69, 9.17) is 5.11 Å². The normalized spacial score (nSPS) is 16.7. The highest BCUT2D eigenvalue weighted by Crippen LogP contribution is 2.25. The monoisotopic (exact) mass is 223 g/mol. The summed E-state index contributed by atoms with van der Waals surface area (Å²) in [6.07, 6.45) is 7.93. The molecule has 0 radical (unpaired) electrons. The summed E-state index contributed by atoms with van der Waals surface area (Å²) in [6, 6.07) is 0.678. The summed E-state index contributed by atoms with van der Waals surface area (Å²) in [6.45, 7) is 4.96. The van der Waals surface area contributed by atoms with Gasteiger partial charge in [-0.25, -0.2) is 0 Å². The van der Waals surface area contributed by atoms with E-state index in [-0.39, 0.29) is 6.61 Å². The lowest BCUT2D eigenvalue weighted by molar-refractivity contribution is 0.0945. The van der Waals surface area contributed by atoms with Crippen molar-refractivity contribution in [3.8, 4) is 0 Å². The molecular weight excluding hydrogens is 202 g/mol. The molecule has 1 aromatic rings. The van der Waals surface area contributed by atoms with Gasteiger partial charge in [0.05, 0.1) is 12.8 Å². The van der Waals surface area contributed by atoms with Gasteiger partial charge < -0.3 is 5.11 Å². The zero-order chi connectivity index (χ0) is 11.4. The van der Waals surface area contributed by atoms with E-state index in [0.29, 0.717) is 6.04 Å². The highest BCUT2D eigenvalue weighted by molar-refractivity contribution is 5.04. The van der Waals surface area contributed by atoms with E-state index in [2.05, 4.69) is 23.1 Å². The van der Waals surface area contributed by atoms with Crippen molar-refractivity contribution >= 4 is 0 Å². The Balaban J connectivity index is 1.93. The van der Waals surface area contributed by atoms with Gasteiger partial charge >= 0.3 is 0 Å². The molecule has 2 rings (SSSR count). The minimum absolute atomic E-state index is 0.248. The first kappa shape index (κ1) is 11.6. The van der Waals surface area contributed by atoms with Gasteiger partial charge in [-0.3, -0.25) is 9.58 Å². The molecule has 0 unspecified atom stereocenters. The van der Waals surface area contributed by atoms with Gasteiger partial charge in [-0.05, 0) is 19.8 Å². The fourth-order valence-electron chi connectivity index (χ4n) is 2.17. The van der Waals surface area contributed by atoms with Gasteiger partial charge in [0, 0.05) is 37.4 Å². The van der Waals surface area contributed by atoms with Gasteiger partial charge in [0.1, 0.15) is 0 Å². The quantitative estimate of drug-likeness (QED) is 0.789. The molecule has 1 aromatic heterocycles. The number of aliphatic hydroxyl groups excluding tert-OH is 1. The van der Waals surface area contributed by atoms with Crippen molar-refractivity contribution in [2.75, 3.05) is 13.2 Å². The molecule has 0 aromatic carbocycles. The molecule has 4 nitrogen and oxygen atoms in total. The Morgan fingerprint density at radius 2 is 2.38 bits per heavy atom. The Morgan fingerprint density at radius 3 is 2.88 bits per heavy atom. The van der Waals surface area contributed by atoms with Crippen LogP contribution in [0.1, 0.15) is 31.7 Å². The Bertz CT molecular complexity index is 320. The number of nitrogens with zero attached hydrogens (tertiary/aromatic N) is 3. The average molecular weight is 223 g/mol. The van der Waals surface area contributed by atoms with Crippen LogP contribution in [-0.4, -0.2) is 39.0 Å². The topological polar surface area (TPSA) is 41.3 Å². The molecule has 1 N–H and O–H groups in total. The van der Waals surface area contributed by atoms with Crippen molar-refractivity contribution in [3.63, 3.8) is 0 Å². The molecular formula is C12H21N3O. The maximum absolute atomic E-state index is 9.07. The van der Waals surface area contributed by atoms with Crippen molar-refractivity contribution in [1.29, 1.82) is 0 Å².